The van der Waals surface area contributed by atoms with Gasteiger partial charge in [-0.15, -0.1) is 12.3 Å². The number of hydrogen-bond donors (Lipinski definition) is 1. The first kappa shape index (κ1) is 23.8. The van der Waals surface area contributed by atoms with Crippen molar-refractivity contribution < 1.29 is 9.90 Å². The van der Waals surface area contributed by atoms with Crippen molar-refractivity contribution in [2.24, 2.45) is 17.3 Å². The maximum atomic E-state index is 12.1. The summed E-state index contributed by atoms with van der Waals surface area (Å²) < 4.78 is 0. The molecule has 2 aromatic carbocycles. The molecule has 2 heteroatoms. The van der Waals surface area contributed by atoms with E-state index in [2.05, 4.69) is 73.9 Å². The molecule has 2 fully saturated rings. The number of rotatable bonds is 2. The van der Waals surface area contributed by atoms with E-state index in [0.717, 1.165) is 38.5 Å². The van der Waals surface area contributed by atoms with Crippen LogP contribution in [-0.2, 0) is 4.79 Å². The summed E-state index contributed by atoms with van der Waals surface area (Å²) >= 11 is 0. The summed E-state index contributed by atoms with van der Waals surface area (Å²) in [6, 6.07) is 19.7. The molecule has 180 valence electrons. The van der Waals surface area contributed by atoms with Crippen molar-refractivity contribution in [2.45, 2.75) is 70.8 Å². The molecule has 0 amide bonds. The highest BCUT2D eigenvalue weighted by Gasteiger charge is 2.56. The van der Waals surface area contributed by atoms with Crippen LogP contribution in [0.25, 0.3) is 11.1 Å². The Kier molecular flexibility index (Phi) is 6.56. The second kappa shape index (κ2) is 9.63. The van der Waals surface area contributed by atoms with Gasteiger partial charge in [0.25, 0.3) is 0 Å². The minimum atomic E-state index is -0.199. The molecule has 0 aromatic heterocycles. The molecule has 2 aromatic rings. The third kappa shape index (κ3) is 4.21. The van der Waals surface area contributed by atoms with Crippen LogP contribution in [0, 0.1) is 29.6 Å². The highest BCUT2D eigenvalue weighted by Crippen LogP contribution is 2.63. The zero-order valence-electron chi connectivity index (χ0n) is 21.0. The lowest BCUT2D eigenvalue weighted by atomic mass is 9.53. The summed E-state index contributed by atoms with van der Waals surface area (Å²) in [6.45, 7) is 4.00. The molecule has 4 aliphatic rings. The Morgan fingerprint density at radius 1 is 0.943 bits per heavy atom. The SMILES string of the molecule is C#CC.CC12C[C@H](c3ccc(-c4ccccc4)cc3)C3=C4CCC(=O)C=C4CCC3C1CCC2O. The smallest absolute Gasteiger partial charge is 0.156 e. The van der Waals surface area contributed by atoms with Crippen LogP contribution in [0.1, 0.15) is 70.3 Å². The number of allylic oxidation sites excluding steroid dienone is 4. The molecule has 0 saturated heterocycles. The Labute approximate surface area is 210 Å². The lowest BCUT2D eigenvalue weighted by molar-refractivity contribution is -0.114. The van der Waals surface area contributed by atoms with Crippen LogP contribution in [0.5, 0.6) is 0 Å². The number of aliphatic hydroxyl groups excluding tert-OH is 1. The van der Waals surface area contributed by atoms with E-state index in [4.69, 9.17) is 0 Å². The summed E-state index contributed by atoms with van der Waals surface area (Å²) in [5.74, 6) is 4.00. The number of carbonyl (C=O) groups is 1. The van der Waals surface area contributed by atoms with E-state index in [1.807, 2.05) is 6.08 Å². The molecule has 0 spiro atoms. The first-order chi connectivity index (χ1) is 17.0. The standard InChI is InChI=1S/C30H32O2.C3H4/c1-30-18-26(21-9-7-20(8-10-21)19-5-3-2-4-6-19)29-24-14-12-23(31)17-22(24)11-13-25(29)27(30)15-16-28(30)32;1-3-2/h2-10,17,25-28,32H,11-16,18H2,1H3;1H,2H3/t25?,26-,27?,28?,30?;/m1./s1. The van der Waals surface area contributed by atoms with Crippen LogP contribution in [-0.4, -0.2) is 17.0 Å². The van der Waals surface area contributed by atoms with Gasteiger partial charge in [0.15, 0.2) is 5.78 Å². The molecular weight excluding hydrogens is 428 g/mol. The minimum absolute atomic E-state index is 0.0107. The second-order valence-corrected chi connectivity index (χ2v) is 11.0. The van der Waals surface area contributed by atoms with Gasteiger partial charge >= 0.3 is 0 Å². The van der Waals surface area contributed by atoms with Gasteiger partial charge in [0.1, 0.15) is 0 Å². The van der Waals surface area contributed by atoms with Gasteiger partial charge in [0.05, 0.1) is 6.10 Å². The van der Waals surface area contributed by atoms with Gasteiger partial charge in [-0.25, -0.2) is 0 Å². The average molecular weight is 465 g/mol. The summed E-state index contributed by atoms with van der Waals surface area (Å²) in [5.41, 5.74) is 8.25. The van der Waals surface area contributed by atoms with E-state index >= 15 is 0 Å². The van der Waals surface area contributed by atoms with E-state index in [1.165, 1.54) is 27.8 Å². The van der Waals surface area contributed by atoms with Crippen LogP contribution in [0.4, 0.5) is 0 Å². The van der Waals surface area contributed by atoms with E-state index in [9.17, 15) is 9.90 Å². The second-order valence-electron chi connectivity index (χ2n) is 11.0. The molecule has 35 heavy (non-hydrogen) atoms. The molecule has 0 heterocycles. The van der Waals surface area contributed by atoms with Crippen molar-refractivity contribution in [1.29, 1.82) is 0 Å². The molecular formula is C33H36O2. The van der Waals surface area contributed by atoms with Crippen molar-refractivity contribution in [1.82, 2.24) is 0 Å². The molecule has 1 N–H and O–H groups in total. The highest BCUT2D eigenvalue weighted by atomic mass is 16.3. The van der Waals surface area contributed by atoms with Crippen LogP contribution in [0.15, 0.2) is 77.4 Å². The Hall–Kier alpha value is -2.89. The van der Waals surface area contributed by atoms with Crippen molar-refractivity contribution in [3.05, 3.63) is 83.0 Å². The van der Waals surface area contributed by atoms with Crippen LogP contribution < -0.4 is 0 Å². The number of ketones is 1. The fourth-order valence-corrected chi connectivity index (χ4v) is 7.47. The third-order valence-corrected chi connectivity index (χ3v) is 9.10. The van der Waals surface area contributed by atoms with Crippen molar-refractivity contribution in [3.63, 3.8) is 0 Å². The van der Waals surface area contributed by atoms with Gasteiger partial charge in [0.2, 0.25) is 0 Å². The van der Waals surface area contributed by atoms with Gasteiger partial charge in [-0.05, 0) is 96.6 Å². The zero-order chi connectivity index (χ0) is 24.6. The predicted molar refractivity (Wildman–Crippen MR) is 143 cm³/mol. The predicted octanol–water partition coefficient (Wildman–Crippen LogP) is 7.25. The van der Waals surface area contributed by atoms with Crippen LogP contribution in [0.2, 0.25) is 0 Å². The first-order valence-electron chi connectivity index (χ1n) is 13.1. The molecule has 2 saturated carbocycles. The van der Waals surface area contributed by atoms with Crippen molar-refractivity contribution >= 4 is 5.78 Å². The summed E-state index contributed by atoms with van der Waals surface area (Å²) in [6.07, 6.45) is 13.1. The Morgan fingerprint density at radius 3 is 2.34 bits per heavy atom. The Morgan fingerprint density at radius 2 is 1.63 bits per heavy atom. The summed E-state index contributed by atoms with van der Waals surface area (Å²) in [4.78, 5) is 12.1. The van der Waals surface area contributed by atoms with Gasteiger partial charge in [-0.1, -0.05) is 67.1 Å². The van der Waals surface area contributed by atoms with Gasteiger partial charge < -0.3 is 5.11 Å². The quantitative estimate of drug-likeness (QED) is 0.475. The largest absolute Gasteiger partial charge is 0.393 e. The molecule has 2 nitrogen and oxygen atoms in total. The molecule has 4 unspecified atom stereocenters. The van der Waals surface area contributed by atoms with E-state index in [1.54, 1.807) is 12.5 Å². The molecule has 0 aliphatic heterocycles. The summed E-state index contributed by atoms with van der Waals surface area (Å²) in [7, 11) is 0. The molecule has 6 rings (SSSR count). The van der Waals surface area contributed by atoms with E-state index < -0.39 is 0 Å². The normalized spacial score (nSPS) is 31.3. The molecule has 5 atom stereocenters. The maximum Gasteiger partial charge on any atom is 0.156 e. The number of carbonyl (C=O) groups excluding carboxylic acids is 1. The molecule has 0 radical (unpaired) electrons. The van der Waals surface area contributed by atoms with Gasteiger partial charge in [0, 0.05) is 12.3 Å². The maximum absolute atomic E-state index is 12.1. The van der Waals surface area contributed by atoms with Gasteiger partial charge in [-0.2, -0.15) is 0 Å². The van der Waals surface area contributed by atoms with Crippen molar-refractivity contribution in [2.75, 3.05) is 0 Å². The number of fused-ring (bicyclic) bond motifs is 4. The zero-order valence-corrected chi connectivity index (χ0v) is 21.0. The van der Waals surface area contributed by atoms with Crippen LogP contribution >= 0.6 is 0 Å². The van der Waals surface area contributed by atoms with E-state index in [-0.39, 0.29) is 11.5 Å². The lowest BCUT2D eigenvalue weighted by Gasteiger charge is -2.52. The molecule has 0 bridgehead atoms. The van der Waals surface area contributed by atoms with Crippen molar-refractivity contribution in [3.8, 4) is 23.5 Å². The number of aliphatic hydroxyl groups is 1. The number of benzene rings is 2. The topological polar surface area (TPSA) is 37.3 Å². The summed E-state index contributed by atoms with van der Waals surface area (Å²) in [5, 5.41) is 11.0. The first-order valence-corrected chi connectivity index (χ1v) is 13.1. The molecule has 4 aliphatic carbocycles. The van der Waals surface area contributed by atoms with E-state index in [0.29, 0.717) is 30.0 Å². The minimum Gasteiger partial charge on any atom is -0.393 e. The monoisotopic (exact) mass is 464 g/mol. The Balaban J connectivity index is 0.000000806. The lowest BCUT2D eigenvalue weighted by Crippen LogP contribution is -2.45. The highest BCUT2D eigenvalue weighted by molar-refractivity contribution is 5.93. The van der Waals surface area contributed by atoms with Crippen LogP contribution in [0.3, 0.4) is 0 Å². The third-order valence-electron chi connectivity index (χ3n) is 9.10. The fourth-order valence-electron chi connectivity index (χ4n) is 7.47. The number of terminal acetylenes is 1. The average Bonchev–Trinajstić information content (AvgIpc) is 3.18. The Bertz CT molecular complexity index is 1190. The number of hydrogen-bond acceptors (Lipinski definition) is 2. The fraction of sp³-hybridized carbons (Fsp3) is 0.424. The van der Waals surface area contributed by atoms with Gasteiger partial charge in [-0.3, -0.25) is 4.79 Å².